The van der Waals surface area contributed by atoms with Crippen molar-refractivity contribution in [3.8, 4) is 11.4 Å². The molecule has 1 unspecified atom stereocenters. The molecule has 1 fully saturated rings. The largest absolute Gasteiger partial charge is 0.339 e. The van der Waals surface area contributed by atoms with Gasteiger partial charge in [-0.2, -0.15) is 4.98 Å². The smallest absolute Gasteiger partial charge is 0.232 e. The van der Waals surface area contributed by atoms with Crippen LogP contribution in [0.25, 0.3) is 11.4 Å². The average molecular weight is 368 g/mol. The van der Waals surface area contributed by atoms with E-state index in [1.165, 1.54) is 0 Å². The third-order valence-electron chi connectivity index (χ3n) is 4.76. The Labute approximate surface area is 156 Å². The second-order valence-corrected chi connectivity index (χ2v) is 7.04. The molecule has 1 aromatic heterocycles. The second kappa shape index (κ2) is 6.57. The zero-order valence-electron chi connectivity index (χ0n) is 14.6. The minimum atomic E-state index is -0.119. The first kappa shape index (κ1) is 16.8. The van der Waals surface area contributed by atoms with Crippen LogP contribution in [0.2, 0.25) is 5.02 Å². The van der Waals surface area contributed by atoms with Gasteiger partial charge in [0.25, 0.3) is 0 Å². The van der Waals surface area contributed by atoms with Crippen LogP contribution < -0.4 is 4.90 Å². The van der Waals surface area contributed by atoms with E-state index in [1.807, 2.05) is 56.3 Å². The van der Waals surface area contributed by atoms with Crippen LogP contribution in [0.4, 0.5) is 5.69 Å². The molecular formula is C20H18ClN3O2. The molecule has 1 aliphatic heterocycles. The number of aryl methyl sites for hydroxylation is 2. The summed E-state index contributed by atoms with van der Waals surface area (Å²) in [5.41, 5.74) is 3.87. The summed E-state index contributed by atoms with van der Waals surface area (Å²) in [7, 11) is 0. The number of nitrogens with zero attached hydrogens (tertiary/aromatic N) is 3. The minimum Gasteiger partial charge on any atom is -0.339 e. The molecule has 2 heterocycles. The van der Waals surface area contributed by atoms with Gasteiger partial charge in [0.1, 0.15) is 0 Å². The van der Waals surface area contributed by atoms with E-state index in [9.17, 15) is 4.79 Å². The summed E-state index contributed by atoms with van der Waals surface area (Å²) < 4.78 is 5.48. The Morgan fingerprint density at radius 2 is 1.96 bits per heavy atom. The van der Waals surface area contributed by atoms with Crippen molar-refractivity contribution in [3.05, 3.63) is 64.5 Å². The van der Waals surface area contributed by atoms with Gasteiger partial charge in [0.2, 0.25) is 17.6 Å². The highest BCUT2D eigenvalue weighted by molar-refractivity contribution is 6.31. The number of carbonyl (C=O) groups is 1. The molecule has 1 aliphatic rings. The van der Waals surface area contributed by atoms with Gasteiger partial charge in [-0.25, -0.2) is 0 Å². The Bertz CT molecular complexity index is 983. The molecule has 2 aromatic carbocycles. The first-order valence-electron chi connectivity index (χ1n) is 8.49. The van der Waals surface area contributed by atoms with E-state index in [1.54, 1.807) is 4.90 Å². The minimum absolute atomic E-state index is 0.0380. The standard InChI is InChI=1S/C20H18ClN3O2/c1-12-5-3-4-6-16(12)19-22-20(26-23-19)14-9-18(25)24(11-14)17-10-15(21)8-7-13(17)2/h3-8,10,14H,9,11H2,1-2H3. The lowest BCUT2D eigenvalue weighted by atomic mass is 10.1. The first-order chi connectivity index (χ1) is 12.5. The van der Waals surface area contributed by atoms with Gasteiger partial charge < -0.3 is 9.42 Å². The third-order valence-corrected chi connectivity index (χ3v) is 5.00. The zero-order chi connectivity index (χ0) is 18.3. The number of hydrogen-bond acceptors (Lipinski definition) is 4. The van der Waals surface area contributed by atoms with Gasteiger partial charge in [-0.1, -0.05) is 47.1 Å². The van der Waals surface area contributed by atoms with Gasteiger partial charge in [-0.3, -0.25) is 4.79 Å². The van der Waals surface area contributed by atoms with E-state index in [0.29, 0.717) is 29.7 Å². The van der Waals surface area contributed by atoms with Gasteiger partial charge in [-0.05, 0) is 37.1 Å². The van der Waals surface area contributed by atoms with E-state index < -0.39 is 0 Å². The highest BCUT2D eigenvalue weighted by Crippen LogP contribution is 2.34. The maximum Gasteiger partial charge on any atom is 0.232 e. The van der Waals surface area contributed by atoms with E-state index in [-0.39, 0.29) is 11.8 Å². The second-order valence-electron chi connectivity index (χ2n) is 6.61. The summed E-state index contributed by atoms with van der Waals surface area (Å²) in [4.78, 5) is 18.8. The van der Waals surface area contributed by atoms with E-state index >= 15 is 0 Å². The summed E-state index contributed by atoms with van der Waals surface area (Å²) in [6, 6.07) is 13.5. The number of anilines is 1. The van der Waals surface area contributed by atoms with Crippen molar-refractivity contribution < 1.29 is 9.32 Å². The van der Waals surface area contributed by atoms with Crippen molar-refractivity contribution >= 4 is 23.2 Å². The van der Waals surface area contributed by atoms with Crippen LogP contribution in [0.1, 0.15) is 29.4 Å². The third kappa shape index (κ3) is 2.99. The monoisotopic (exact) mass is 367 g/mol. The Morgan fingerprint density at radius 3 is 2.77 bits per heavy atom. The average Bonchev–Trinajstić information content (AvgIpc) is 3.24. The molecular weight excluding hydrogens is 350 g/mol. The van der Waals surface area contributed by atoms with Gasteiger partial charge in [0, 0.05) is 29.2 Å². The van der Waals surface area contributed by atoms with E-state index in [4.69, 9.17) is 16.1 Å². The molecule has 0 bridgehead atoms. The maximum absolute atomic E-state index is 12.5. The number of aromatic nitrogens is 2. The van der Waals surface area contributed by atoms with Crippen LogP contribution >= 0.6 is 11.6 Å². The van der Waals surface area contributed by atoms with Crippen LogP contribution in [0.5, 0.6) is 0 Å². The summed E-state index contributed by atoms with van der Waals surface area (Å²) in [6.45, 7) is 4.48. The Hall–Kier alpha value is -2.66. The first-order valence-corrected chi connectivity index (χ1v) is 8.87. The SMILES string of the molecule is Cc1ccccc1-c1noc(C2CC(=O)N(c3cc(Cl)ccc3C)C2)n1. The molecule has 1 amide bonds. The summed E-state index contributed by atoms with van der Waals surface area (Å²) in [5.74, 6) is 0.976. The predicted molar refractivity (Wildman–Crippen MR) is 100 cm³/mol. The van der Waals surface area contributed by atoms with Crippen LogP contribution in [0.15, 0.2) is 47.0 Å². The van der Waals surface area contributed by atoms with E-state index in [2.05, 4.69) is 10.1 Å². The van der Waals surface area contributed by atoms with Crippen molar-refractivity contribution in [2.75, 3.05) is 11.4 Å². The quantitative estimate of drug-likeness (QED) is 0.682. The molecule has 0 N–H and O–H groups in total. The lowest BCUT2D eigenvalue weighted by Gasteiger charge is -2.18. The van der Waals surface area contributed by atoms with Crippen molar-refractivity contribution in [3.63, 3.8) is 0 Å². The molecule has 132 valence electrons. The molecule has 4 rings (SSSR count). The van der Waals surface area contributed by atoms with Crippen molar-refractivity contribution in [2.24, 2.45) is 0 Å². The summed E-state index contributed by atoms with van der Waals surface area (Å²) in [6.07, 6.45) is 0.349. The zero-order valence-corrected chi connectivity index (χ0v) is 15.3. The van der Waals surface area contributed by atoms with Crippen LogP contribution in [0, 0.1) is 13.8 Å². The number of benzene rings is 2. The van der Waals surface area contributed by atoms with Crippen molar-refractivity contribution in [2.45, 2.75) is 26.2 Å². The van der Waals surface area contributed by atoms with Crippen molar-refractivity contribution in [1.82, 2.24) is 10.1 Å². The van der Waals surface area contributed by atoms with Crippen molar-refractivity contribution in [1.29, 1.82) is 0 Å². The Kier molecular flexibility index (Phi) is 4.24. The highest BCUT2D eigenvalue weighted by atomic mass is 35.5. The fraction of sp³-hybridized carbons (Fsp3) is 0.250. The maximum atomic E-state index is 12.5. The molecule has 0 spiro atoms. The normalized spacial score (nSPS) is 17.1. The number of carbonyl (C=O) groups excluding carboxylic acids is 1. The van der Waals surface area contributed by atoms with E-state index in [0.717, 1.165) is 22.4 Å². The molecule has 3 aromatic rings. The number of halogens is 1. The molecule has 1 saturated heterocycles. The predicted octanol–water partition coefficient (Wildman–Crippen LogP) is 4.53. The van der Waals surface area contributed by atoms with Gasteiger partial charge >= 0.3 is 0 Å². The Balaban J connectivity index is 1.60. The molecule has 6 heteroatoms. The lowest BCUT2D eigenvalue weighted by molar-refractivity contribution is -0.117. The molecule has 0 radical (unpaired) electrons. The van der Waals surface area contributed by atoms with Gasteiger partial charge in [0.15, 0.2) is 0 Å². The number of hydrogen-bond donors (Lipinski definition) is 0. The molecule has 26 heavy (non-hydrogen) atoms. The summed E-state index contributed by atoms with van der Waals surface area (Å²) >= 11 is 6.10. The van der Waals surface area contributed by atoms with Crippen LogP contribution in [-0.4, -0.2) is 22.6 Å². The fourth-order valence-electron chi connectivity index (χ4n) is 3.31. The fourth-order valence-corrected chi connectivity index (χ4v) is 3.48. The molecule has 5 nitrogen and oxygen atoms in total. The molecule has 1 atom stereocenters. The highest BCUT2D eigenvalue weighted by Gasteiger charge is 2.35. The van der Waals surface area contributed by atoms with Crippen LogP contribution in [0.3, 0.4) is 0 Å². The lowest BCUT2D eigenvalue weighted by Crippen LogP contribution is -2.25. The number of amides is 1. The van der Waals surface area contributed by atoms with Gasteiger partial charge in [-0.15, -0.1) is 0 Å². The number of rotatable bonds is 3. The molecule has 0 aliphatic carbocycles. The topological polar surface area (TPSA) is 59.2 Å². The summed E-state index contributed by atoms with van der Waals surface area (Å²) in [5, 5.41) is 4.72. The Morgan fingerprint density at radius 1 is 1.15 bits per heavy atom. The molecule has 0 saturated carbocycles. The van der Waals surface area contributed by atoms with Crippen LogP contribution in [-0.2, 0) is 4.79 Å². The van der Waals surface area contributed by atoms with Gasteiger partial charge in [0.05, 0.1) is 5.92 Å².